The van der Waals surface area contributed by atoms with Crippen molar-refractivity contribution in [3.05, 3.63) is 46.5 Å². The predicted molar refractivity (Wildman–Crippen MR) is 75.8 cm³/mol. The summed E-state index contributed by atoms with van der Waals surface area (Å²) in [4.78, 5) is 10.6. The summed E-state index contributed by atoms with van der Waals surface area (Å²) >= 11 is 5.52. The van der Waals surface area contributed by atoms with Crippen molar-refractivity contribution < 1.29 is 10.0 Å². The van der Waals surface area contributed by atoms with Gasteiger partial charge in [0, 0.05) is 23.7 Å². The van der Waals surface area contributed by atoms with Crippen molar-refractivity contribution in [3.63, 3.8) is 0 Å². The number of hydrogen-bond donors (Lipinski definition) is 2. The first-order chi connectivity index (χ1) is 9.13. The highest BCUT2D eigenvalue weighted by atomic mass is 35.5. The van der Waals surface area contributed by atoms with E-state index in [1.165, 1.54) is 6.07 Å². The van der Waals surface area contributed by atoms with Gasteiger partial charge in [-0.3, -0.25) is 10.1 Å². The Hall–Kier alpha value is -1.85. The Bertz CT molecular complexity index is 603. The molecule has 1 atom stereocenters. The van der Waals surface area contributed by atoms with Gasteiger partial charge in [-0.2, -0.15) is 0 Å². The SMILES string of the molecule is O=[N+]([O-])c1ccc(NCC(O)CCl)c2ccccc12. The summed E-state index contributed by atoms with van der Waals surface area (Å²) in [5, 5.41) is 24.8. The van der Waals surface area contributed by atoms with Crippen LogP contribution in [0.4, 0.5) is 11.4 Å². The fourth-order valence-electron chi connectivity index (χ4n) is 1.88. The van der Waals surface area contributed by atoms with Gasteiger partial charge in [0.05, 0.1) is 22.3 Å². The normalized spacial score (nSPS) is 12.3. The third-order valence-electron chi connectivity index (χ3n) is 2.80. The van der Waals surface area contributed by atoms with E-state index in [9.17, 15) is 15.2 Å². The molecule has 0 aliphatic carbocycles. The maximum Gasteiger partial charge on any atom is 0.277 e. The molecule has 2 aromatic rings. The lowest BCUT2D eigenvalue weighted by Gasteiger charge is -2.12. The molecule has 0 aliphatic rings. The van der Waals surface area contributed by atoms with Gasteiger partial charge in [-0.1, -0.05) is 18.2 Å². The van der Waals surface area contributed by atoms with E-state index in [0.29, 0.717) is 11.9 Å². The third-order valence-corrected chi connectivity index (χ3v) is 3.16. The first-order valence-electron chi connectivity index (χ1n) is 5.77. The summed E-state index contributed by atoms with van der Waals surface area (Å²) < 4.78 is 0. The van der Waals surface area contributed by atoms with Crippen LogP contribution in [0.25, 0.3) is 10.8 Å². The molecule has 19 heavy (non-hydrogen) atoms. The van der Waals surface area contributed by atoms with Crippen molar-refractivity contribution in [1.82, 2.24) is 0 Å². The van der Waals surface area contributed by atoms with E-state index in [1.54, 1.807) is 24.3 Å². The minimum Gasteiger partial charge on any atom is -0.390 e. The molecular weight excluding hydrogens is 268 g/mol. The topological polar surface area (TPSA) is 75.4 Å². The quantitative estimate of drug-likeness (QED) is 0.502. The Labute approximate surface area is 115 Å². The zero-order chi connectivity index (χ0) is 13.8. The van der Waals surface area contributed by atoms with Crippen LogP contribution in [0.5, 0.6) is 0 Å². The molecule has 1 unspecified atom stereocenters. The number of nitrogens with one attached hydrogen (secondary N) is 1. The van der Waals surface area contributed by atoms with E-state index in [-0.39, 0.29) is 11.6 Å². The molecule has 0 saturated carbocycles. The van der Waals surface area contributed by atoms with Crippen LogP contribution in [-0.4, -0.2) is 28.6 Å². The number of nitrogens with zero attached hydrogens (tertiary/aromatic N) is 1. The van der Waals surface area contributed by atoms with Crippen LogP contribution < -0.4 is 5.32 Å². The molecule has 100 valence electrons. The first-order valence-corrected chi connectivity index (χ1v) is 6.31. The number of rotatable bonds is 5. The third kappa shape index (κ3) is 2.94. The van der Waals surface area contributed by atoms with Gasteiger partial charge >= 0.3 is 0 Å². The zero-order valence-corrected chi connectivity index (χ0v) is 10.8. The number of alkyl halides is 1. The predicted octanol–water partition coefficient (Wildman–Crippen LogP) is 2.76. The van der Waals surface area contributed by atoms with E-state index in [4.69, 9.17) is 11.6 Å². The number of hydrogen-bond acceptors (Lipinski definition) is 4. The fraction of sp³-hybridized carbons (Fsp3) is 0.231. The fourth-order valence-corrected chi connectivity index (χ4v) is 1.99. The minimum absolute atomic E-state index is 0.0686. The van der Waals surface area contributed by atoms with Crippen LogP contribution in [0.3, 0.4) is 0 Å². The van der Waals surface area contributed by atoms with Crippen molar-refractivity contribution in [2.75, 3.05) is 17.7 Å². The molecule has 0 aliphatic heterocycles. The number of aliphatic hydroxyl groups is 1. The molecule has 0 radical (unpaired) electrons. The van der Waals surface area contributed by atoms with Gasteiger partial charge in [-0.25, -0.2) is 0 Å². The van der Waals surface area contributed by atoms with Crippen molar-refractivity contribution in [1.29, 1.82) is 0 Å². The minimum atomic E-state index is -0.657. The van der Waals surface area contributed by atoms with Gasteiger partial charge in [0.2, 0.25) is 0 Å². The molecule has 0 fully saturated rings. The molecule has 0 amide bonds. The molecule has 2 N–H and O–H groups in total. The van der Waals surface area contributed by atoms with Crippen molar-refractivity contribution in [2.45, 2.75) is 6.10 Å². The number of benzene rings is 2. The van der Waals surface area contributed by atoms with Crippen LogP contribution in [0.2, 0.25) is 0 Å². The van der Waals surface area contributed by atoms with Crippen LogP contribution in [-0.2, 0) is 0 Å². The monoisotopic (exact) mass is 280 g/mol. The lowest BCUT2D eigenvalue weighted by atomic mass is 10.1. The van der Waals surface area contributed by atoms with Crippen molar-refractivity contribution in [3.8, 4) is 0 Å². The van der Waals surface area contributed by atoms with E-state index < -0.39 is 11.0 Å². The summed E-state index contributed by atoms with van der Waals surface area (Å²) in [7, 11) is 0. The van der Waals surface area contributed by atoms with Crippen LogP contribution in [0, 0.1) is 10.1 Å². The molecule has 0 saturated heterocycles. The second-order valence-electron chi connectivity index (χ2n) is 4.12. The maximum absolute atomic E-state index is 11.0. The van der Waals surface area contributed by atoms with E-state index in [1.807, 2.05) is 6.07 Å². The highest BCUT2D eigenvalue weighted by Gasteiger charge is 2.14. The average molecular weight is 281 g/mol. The average Bonchev–Trinajstić information content (AvgIpc) is 2.43. The van der Waals surface area contributed by atoms with Gasteiger partial charge in [-0.15, -0.1) is 11.6 Å². The number of halogens is 1. The molecule has 0 bridgehead atoms. The van der Waals surface area contributed by atoms with Crippen molar-refractivity contribution in [2.24, 2.45) is 0 Å². The molecule has 2 aromatic carbocycles. The number of aliphatic hydroxyl groups excluding tert-OH is 1. The van der Waals surface area contributed by atoms with Crippen LogP contribution in [0.1, 0.15) is 0 Å². The number of anilines is 1. The van der Waals surface area contributed by atoms with E-state index in [2.05, 4.69) is 5.32 Å². The van der Waals surface area contributed by atoms with Gasteiger partial charge in [-0.05, 0) is 12.1 Å². The maximum atomic E-state index is 11.0. The van der Waals surface area contributed by atoms with Crippen molar-refractivity contribution >= 4 is 33.7 Å². The molecule has 0 aromatic heterocycles. The summed E-state index contributed by atoms with van der Waals surface area (Å²) in [5.74, 6) is 0.137. The van der Waals surface area contributed by atoms with E-state index in [0.717, 1.165) is 11.1 Å². The molecule has 0 heterocycles. The largest absolute Gasteiger partial charge is 0.390 e. The van der Waals surface area contributed by atoms with Crippen LogP contribution in [0.15, 0.2) is 36.4 Å². The Morgan fingerprint density at radius 2 is 1.95 bits per heavy atom. The second kappa shape index (κ2) is 5.86. The second-order valence-corrected chi connectivity index (χ2v) is 4.43. The highest BCUT2D eigenvalue weighted by molar-refractivity contribution is 6.18. The summed E-state index contributed by atoms with van der Waals surface area (Å²) in [6, 6.07) is 10.2. The first kappa shape index (κ1) is 13.6. The van der Waals surface area contributed by atoms with Crippen LogP contribution >= 0.6 is 11.6 Å². The molecule has 6 heteroatoms. The smallest absolute Gasteiger partial charge is 0.277 e. The summed E-state index contributed by atoms with van der Waals surface area (Å²) in [6.45, 7) is 0.297. The van der Waals surface area contributed by atoms with Gasteiger partial charge < -0.3 is 10.4 Å². The standard InChI is InChI=1S/C13H13ClN2O3/c14-7-9(17)8-15-12-5-6-13(16(18)19)11-4-2-1-3-10(11)12/h1-6,9,15,17H,7-8H2. The zero-order valence-electron chi connectivity index (χ0n) is 10.0. The van der Waals surface area contributed by atoms with Gasteiger partial charge in [0.15, 0.2) is 0 Å². The molecule has 5 nitrogen and oxygen atoms in total. The number of nitro benzene ring substituents is 1. The Kier molecular flexibility index (Phi) is 4.19. The van der Waals surface area contributed by atoms with E-state index >= 15 is 0 Å². The van der Waals surface area contributed by atoms with Gasteiger partial charge in [0.25, 0.3) is 5.69 Å². The highest BCUT2D eigenvalue weighted by Crippen LogP contribution is 2.31. The molecule has 0 spiro atoms. The number of fused-ring (bicyclic) bond motifs is 1. The molecule has 2 rings (SSSR count). The Balaban J connectivity index is 2.41. The Morgan fingerprint density at radius 3 is 2.58 bits per heavy atom. The van der Waals surface area contributed by atoms with Gasteiger partial charge in [0.1, 0.15) is 0 Å². The lowest BCUT2D eigenvalue weighted by molar-refractivity contribution is -0.383. The lowest BCUT2D eigenvalue weighted by Crippen LogP contribution is -2.20. The molecular formula is C13H13ClN2O3. The number of nitro groups is 1. The number of non-ortho nitro benzene ring substituents is 1. The summed E-state index contributed by atoms with van der Waals surface area (Å²) in [5.41, 5.74) is 0.810. The summed E-state index contributed by atoms with van der Waals surface area (Å²) in [6.07, 6.45) is -0.657. The Morgan fingerprint density at radius 1 is 1.26 bits per heavy atom.